The molecule has 0 saturated heterocycles. The second-order valence-corrected chi connectivity index (χ2v) is 6.30. The molecule has 1 aromatic carbocycles. The van der Waals surface area contributed by atoms with E-state index >= 15 is 0 Å². The van der Waals surface area contributed by atoms with Gasteiger partial charge in [-0.15, -0.1) is 0 Å². The molecule has 1 rings (SSSR count). The third kappa shape index (κ3) is 6.08. The maximum Gasteiger partial charge on any atom is 0.119 e. The van der Waals surface area contributed by atoms with E-state index < -0.39 is 6.10 Å². The van der Waals surface area contributed by atoms with Gasteiger partial charge in [0.15, 0.2) is 0 Å². The first-order chi connectivity index (χ1) is 8.79. The Bertz CT molecular complexity index is 365. The van der Waals surface area contributed by atoms with Crippen LogP contribution in [0.1, 0.15) is 40.2 Å². The Balaban J connectivity index is 2.42. The van der Waals surface area contributed by atoms with Crippen LogP contribution in [-0.2, 0) is 5.41 Å². The fraction of sp³-hybridized carbons (Fsp3) is 0.625. The Morgan fingerprint density at radius 1 is 1.16 bits per heavy atom. The van der Waals surface area contributed by atoms with Crippen LogP contribution >= 0.6 is 0 Å². The molecule has 3 heteroatoms. The van der Waals surface area contributed by atoms with Crippen LogP contribution in [0.15, 0.2) is 24.3 Å². The molecule has 3 nitrogen and oxygen atoms in total. The van der Waals surface area contributed by atoms with Crippen molar-refractivity contribution in [2.45, 2.75) is 52.2 Å². The molecule has 108 valence electrons. The highest BCUT2D eigenvalue weighted by atomic mass is 16.5. The second-order valence-electron chi connectivity index (χ2n) is 6.30. The van der Waals surface area contributed by atoms with Crippen LogP contribution in [0.5, 0.6) is 5.75 Å². The normalized spacial score (nSPS) is 13.6. The zero-order valence-corrected chi connectivity index (χ0v) is 12.7. The van der Waals surface area contributed by atoms with Crippen molar-refractivity contribution in [3.05, 3.63) is 29.8 Å². The Morgan fingerprint density at radius 3 is 2.21 bits per heavy atom. The number of aliphatic hydroxyl groups excluding tert-OH is 1. The Labute approximate surface area is 117 Å². The van der Waals surface area contributed by atoms with E-state index in [-0.39, 0.29) is 5.41 Å². The lowest BCUT2D eigenvalue weighted by atomic mass is 9.87. The molecule has 1 atom stereocenters. The predicted octanol–water partition coefficient (Wildman–Crippen LogP) is 2.72. The van der Waals surface area contributed by atoms with Crippen LogP contribution in [0.3, 0.4) is 0 Å². The van der Waals surface area contributed by atoms with Gasteiger partial charge in [0.05, 0.1) is 0 Å². The number of hydrogen-bond donors (Lipinski definition) is 2. The molecule has 0 spiro atoms. The zero-order chi connectivity index (χ0) is 14.5. The summed E-state index contributed by atoms with van der Waals surface area (Å²) in [6.07, 6.45) is -0.482. The van der Waals surface area contributed by atoms with Crippen molar-refractivity contribution in [1.29, 1.82) is 0 Å². The van der Waals surface area contributed by atoms with Crippen molar-refractivity contribution >= 4 is 0 Å². The molecule has 0 aromatic heterocycles. The highest BCUT2D eigenvalue weighted by Crippen LogP contribution is 2.24. The van der Waals surface area contributed by atoms with Crippen molar-refractivity contribution in [1.82, 2.24) is 5.32 Å². The molecule has 0 aliphatic carbocycles. The summed E-state index contributed by atoms with van der Waals surface area (Å²) in [5.74, 6) is 0.802. The van der Waals surface area contributed by atoms with Gasteiger partial charge in [-0.2, -0.15) is 0 Å². The van der Waals surface area contributed by atoms with Crippen molar-refractivity contribution in [3.8, 4) is 5.75 Å². The molecule has 0 saturated carbocycles. The minimum atomic E-state index is -0.482. The van der Waals surface area contributed by atoms with E-state index in [1.54, 1.807) is 0 Å². The maximum atomic E-state index is 9.76. The summed E-state index contributed by atoms with van der Waals surface area (Å²) in [6.45, 7) is 11.5. The fourth-order valence-corrected chi connectivity index (χ4v) is 1.67. The van der Waals surface area contributed by atoms with E-state index in [4.69, 9.17) is 4.74 Å². The van der Waals surface area contributed by atoms with Crippen LogP contribution < -0.4 is 10.1 Å². The molecule has 2 N–H and O–H groups in total. The summed E-state index contributed by atoms with van der Waals surface area (Å²) in [7, 11) is 0. The fourth-order valence-electron chi connectivity index (χ4n) is 1.67. The van der Waals surface area contributed by atoms with Crippen molar-refractivity contribution < 1.29 is 9.84 Å². The third-order valence-electron chi connectivity index (χ3n) is 2.92. The van der Waals surface area contributed by atoms with Gasteiger partial charge < -0.3 is 15.2 Å². The number of rotatable bonds is 6. The Hall–Kier alpha value is -1.06. The van der Waals surface area contributed by atoms with Crippen LogP contribution in [-0.4, -0.2) is 30.4 Å². The zero-order valence-electron chi connectivity index (χ0n) is 12.7. The summed E-state index contributed by atoms with van der Waals surface area (Å²) < 4.78 is 5.58. The molecule has 1 aromatic rings. The van der Waals surface area contributed by atoms with Gasteiger partial charge in [-0.25, -0.2) is 0 Å². The van der Waals surface area contributed by atoms with Gasteiger partial charge in [0, 0.05) is 12.6 Å². The SMILES string of the molecule is CC(C)NC[C@H](O)COc1ccc(C(C)(C)C)cc1. The highest BCUT2D eigenvalue weighted by molar-refractivity contribution is 5.31. The molecule has 0 fully saturated rings. The smallest absolute Gasteiger partial charge is 0.119 e. The lowest BCUT2D eigenvalue weighted by Crippen LogP contribution is -2.35. The van der Waals surface area contributed by atoms with Crippen molar-refractivity contribution in [2.24, 2.45) is 0 Å². The highest BCUT2D eigenvalue weighted by Gasteiger charge is 2.13. The molecular weight excluding hydrogens is 238 g/mol. The monoisotopic (exact) mass is 265 g/mol. The van der Waals surface area contributed by atoms with Gasteiger partial charge >= 0.3 is 0 Å². The largest absolute Gasteiger partial charge is 0.491 e. The molecule has 0 heterocycles. The number of hydrogen-bond acceptors (Lipinski definition) is 3. The van der Waals surface area contributed by atoms with Crippen molar-refractivity contribution in [3.63, 3.8) is 0 Å². The van der Waals surface area contributed by atoms with Gasteiger partial charge in [-0.05, 0) is 23.1 Å². The number of ether oxygens (including phenoxy) is 1. The van der Waals surface area contributed by atoms with E-state index in [1.807, 2.05) is 12.1 Å². The molecule has 0 radical (unpaired) electrons. The topological polar surface area (TPSA) is 41.5 Å². The van der Waals surface area contributed by atoms with Gasteiger partial charge in [-0.3, -0.25) is 0 Å². The van der Waals surface area contributed by atoms with Gasteiger partial charge in [0.25, 0.3) is 0 Å². The first kappa shape index (κ1) is 16.0. The van der Waals surface area contributed by atoms with Gasteiger partial charge in [0.2, 0.25) is 0 Å². The Kier molecular flexibility index (Phi) is 5.83. The molecule has 19 heavy (non-hydrogen) atoms. The lowest BCUT2D eigenvalue weighted by molar-refractivity contribution is 0.104. The van der Waals surface area contributed by atoms with Gasteiger partial charge in [0.1, 0.15) is 18.5 Å². The molecule has 0 unspecified atom stereocenters. The first-order valence-corrected chi connectivity index (χ1v) is 6.94. The van der Waals surface area contributed by atoms with Crippen LogP contribution in [0.4, 0.5) is 0 Å². The standard InChI is InChI=1S/C16H27NO2/c1-12(2)17-10-14(18)11-19-15-8-6-13(7-9-15)16(3,4)5/h6-9,12,14,17-18H,10-11H2,1-5H3/t14-/m0/s1. The van der Waals surface area contributed by atoms with Crippen molar-refractivity contribution in [2.75, 3.05) is 13.2 Å². The summed E-state index contributed by atoms with van der Waals surface area (Å²) in [6, 6.07) is 8.45. The molecule has 0 amide bonds. The minimum absolute atomic E-state index is 0.152. The summed E-state index contributed by atoms with van der Waals surface area (Å²) >= 11 is 0. The lowest BCUT2D eigenvalue weighted by Gasteiger charge is -2.19. The second kappa shape index (κ2) is 6.92. The quantitative estimate of drug-likeness (QED) is 0.831. The number of benzene rings is 1. The molecule has 0 bridgehead atoms. The van der Waals surface area contributed by atoms with Crippen LogP contribution in [0.25, 0.3) is 0 Å². The van der Waals surface area contributed by atoms with E-state index in [2.05, 4.69) is 52.1 Å². The minimum Gasteiger partial charge on any atom is -0.491 e. The van der Waals surface area contributed by atoms with E-state index in [9.17, 15) is 5.11 Å². The molecular formula is C16H27NO2. The molecule has 0 aliphatic heterocycles. The van der Waals surface area contributed by atoms with E-state index in [0.29, 0.717) is 19.2 Å². The maximum absolute atomic E-state index is 9.76. The predicted molar refractivity (Wildman–Crippen MR) is 79.8 cm³/mol. The summed E-state index contributed by atoms with van der Waals surface area (Å²) in [5, 5.41) is 12.9. The van der Waals surface area contributed by atoms with E-state index in [1.165, 1.54) is 5.56 Å². The summed E-state index contributed by atoms with van der Waals surface area (Å²) in [4.78, 5) is 0. The Morgan fingerprint density at radius 2 is 1.74 bits per heavy atom. The number of nitrogens with one attached hydrogen (secondary N) is 1. The average Bonchev–Trinajstić information content (AvgIpc) is 2.33. The van der Waals surface area contributed by atoms with E-state index in [0.717, 1.165) is 5.75 Å². The van der Waals surface area contributed by atoms with Gasteiger partial charge in [-0.1, -0.05) is 46.8 Å². The summed E-state index contributed by atoms with van der Waals surface area (Å²) in [5.41, 5.74) is 1.43. The third-order valence-corrected chi connectivity index (χ3v) is 2.92. The molecule has 0 aliphatic rings. The number of aliphatic hydroxyl groups is 1. The first-order valence-electron chi connectivity index (χ1n) is 6.94. The average molecular weight is 265 g/mol. The van der Waals surface area contributed by atoms with Crippen LogP contribution in [0, 0.1) is 0 Å². The van der Waals surface area contributed by atoms with Crippen LogP contribution in [0.2, 0.25) is 0 Å².